The van der Waals surface area contributed by atoms with Crippen LogP contribution in [0.1, 0.15) is 36.7 Å². The molecular formula is C23H25FN2O6S. The standard InChI is InChI=1S/C23H25FN2O6S/c1-23(2,3)32-22(30)25-17-12-33-19-10-16(24)15(21(28)29)9-18(19)26(20(17)27)11-13-5-7-14(31-4)8-6-13/h5-10,17H,11-12H2,1-4H3,(H,25,30)(H,28,29)/t17-/m0/s1. The number of hydrogen-bond acceptors (Lipinski definition) is 6. The Hall–Kier alpha value is -3.27. The van der Waals surface area contributed by atoms with Gasteiger partial charge in [-0.25, -0.2) is 14.0 Å². The molecule has 0 spiro atoms. The van der Waals surface area contributed by atoms with Crippen LogP contribution in [0.15, 0.2) is 41.3 Å². The Morgan fingerprint density at radius 2 is 1.91 bits per heavy atom. The second-order valence-corrected chi connectivity index (χ2v) is 9.45. The first-order chi connectivity index (χ1) is 15.5. The monoisotopic (exact) mass is 476 g/mol. The van der Waals surface area contributed by atoms with Crippen molar-refractivity contribution in [3.8, 4) is 5.75 Å². The van der Waals surface area contributed by atoms with Gasteiger partial charge >= 0.3 is 12.1 Å². The lowest BCUT2D eigenvalue weighted by atomic mass is 10.1. The van der Waals surface area contributed by atoms with Crippen LogP contribution >= 0.6 is 11.8 Å². The minimum Gasteiger partial charge on any atom is -0.497 e. The summed E-state index contributed by atoms with van der Waals surface area (Å²) in [6.45, 7) is 5.20. The topological polar surface area (TPSA) is 105 Å². The third-order valence-electron chi connectivity index (χ3n) is 4.73. The molecule has 2 amide bonds. The third-order valence-corrected chi connectivity index (χ3v) is 5.87. The Bertz CT molecular complexity index is 1070. The summed E-state index contributed by atoms with van der Waals surface area (Å²) in [5, 5.41) is 12.0. The molecule has 0 unspecified atom stereocenters. The number of carbonyl (C=O) groups is 3. The van der Waals surface area contributed by atoms with Crippen molar-refractivity contribution in [1.82, 2.24) is 5.32 Å². The van der Waals surface area contributed by atoms with E-state index in [-0.39, 0.29) is 18.0 Å². The number of alkyl carbamates (subject to hydrolysis) is 1. The van der Waals surface area contributed by atoms with Crippen LogP contribution in [0.3, 0.4) is 0 Å². The Balaban J connectivity index is 1.99. The van der Waals surface area contributed by atoms with Gasteiger partial charge in [-0.2, -0.15) is 0 Å². The molecule has 2 aromatic rings. The van der Waals surface area contributed by atoms with Crippen molar-refractivity contribution in [2.45, 2.75) is 43.9 Å². The number of anilines is 1. The Morgan fingerprint density at radius 1 is 1.24 bits per heavy atom. The summed E-state index contributed by atoms with van der Waals surface area (Å²) in [5.74, 6) is -2.05. The second-order valence-electron chi connectivity index (χ2n) is 8.39. The van der Waals surface area contributed by atoms with E-state index in [1.54, 1.807) is 45.0 Å². The Kier molecular flexibility index (Phi) is 7.16. The van der Waals surface area contributed by atoms with Gasteiger partial charge in [0.15, 0.2) is 0 Å². The molecule has 0 aromatic heterocycles. The third kappa shape index (κ3) is 5.95. The van der Waals surface area contributed by atoms with Gasteiger partial charge in [-0.05, 0) is 50.6 Å². The number of thioether (sulfide) groups is 1. The SMILES string of the molecule is COc1ccc(CN2C(=O)[C@@H](NC(=O)OC(C)(C)C)CSc3cc(F)c(C(=O)O)cc32)cc1. The number of fused-ring (bicyclic) bond motifs is 1. The van der Waals surface area contributed by atoms with Crippen LogP contribution in [0.4, 0.5) is 14.9 Å². The molecule has 8 nitrogen and oxygen atoms in total. The largest absolute Gasteiger partial charge is 0.497 e. The molecule has 1 heterocycles. The van der Waals surface area contributed by atoms with Crippen LogP contribution < -0.4 is 15.0 Å². The molecule has 0 fully saturated rings. The van der Waals surface area contributed by atoms with Crippen molar-refractivity contribution < 1.29 is 33.4 Å². The average molecular weight is 477 g/mol. The van der Waals surface area contributed by atoms with Crippen molar-refractivity contribution >= 4 is 35.4 Å². The maximum atomic E-state index is 14.4. The zero-order chi connectivity index (χ0) is 24.3. The number of hydrogen-bond donors (Lipinski definition) is 2. The van der Waals surface area contributed by atoms with Crippen LogP contribution in [-0.4, -0.2) is 47.6 Å². The lowest BCUT2D eigenvalue weighted by Gasteiger charge is -2.27. The van der Waals surface area contributed by atoms with Gasteiger partial charge in [-0.15, -0.1) is 11.8 Å². The summed E-state index contributed by atoms with van der Waals surface area (Å²) in [6, 6.07) is 8.29. The molecule has 0 radical (unpaired) electrons. The molecular weight excluding hydrogens is 451 g/mol. The molecule has 1 aliphatic heterocycles. The van der Waals surface area contributed by atoms with Gasteiger partial charge in [0, 0.05) is 10.6 Å². The van der Waals surface area contributed by atoms with E-state index in [0.29, 0.717) is 10.6 Å². The van der Waals surface area contributed by atoms with E-state index in [9.17, 15) is 23.9 Å². The van der Waals surface area contributed by atoms with Crippen molar-refractivity contribution in [3.05, 3.63) is 53.3 Å². The summed E-state index contributed by atoms with van der Waals surface area (Å²) < 4.78 is 24.8. The van der Waals surface area contributed by atoms with Crippen LogP contribution in [-0.2, 0) is 16.1 Å². The van der Waals surface area contributed by atoms with E-state index < -0.39 is 41.0 Å². The van der Waals surface area contributed by atoms with E-state index >= 15 is 0 Å². The first-order valence-electron chi connectivity index (χ1n) is 10.1. The molecule has 1 aliphatic rings. The number of nitrogens with one attached hydrogen (secondary N) is 1. The normalized spacial score (nSPS) is 16.0. The minimum absolute atomic E-state index is 0.0770. The molecule has 0 bridgehead atoms. The zero-order valence-corrected chi connectivity index (χ0v) is 19.5. The van der Waals surface area contributed by atoms with E-state index in [4.69, 9.17) is 9.47 Å². The number of carboxylic acids is 1. The highest BCUT2D eigenvalue weighted by atomic mass is 32.2. The van der Waals surface area contributed by atoms with Crippen LogP contribution in [0.25, 0.3) is 0 Å². The van der Waals surface area contributed by atoms with Crippen LogP contribution in [0.5, 0.6) is 5.75 Å². The Labute approximate surface area is 195 Å². The first-order valence-corrected chi connectivity index (χ1v) is 11.1. The summed E-state index contributed by atoms with van der Waals surface area (Å²) in [6.07, 6.45) is -0.755. The number of nitrogens with zero attached hydrogens (tertiary/aromatic N) is 1. The second kappa shape index (κ2) is 9.70. The molecule has 1 atom stereocenters. The van der Waals surface area contributed by atoms with Crippen molar-refractivity contribution in [2.75, 3.05) is 17.8 Å². The van der Waals surface area contributed by atoms with E-state index in [0.717, 1.165) is 29.5 Å². The number of benzene rings is 2. The molecule has 0 aliphatic carbocycles. The number of aromatic carboxylic acids is 1. The maximum Gasteiger partial charge on any atom is 0.408 e. The zero-order valence-electron chi connectivity index (χ0n) is 18.7. The fourth-order valence-electron chi connectivity index (χ4n) is 3.22. The quantitative estimate of drug-likeness (QED) is 0.670. The lowest BCUT2D eigenvalue weighted by Crippen LogP contribution is -2.50. The molecule has 0 saturated carbocycles. The van der Waals surface area contributed by atoms with Gasteiger partial charge in [0.1, 0.15) is 23.2 Å². The summed E-state index contributed by atoms with van der Waals surface area (Å²) in [7, 11) is 1.54. The fraction of sp³-hybridized carbons (Fsp3) is 0.348. The number of methoxy groups -OCH3 is 1. The summed E-state index contributed by atoms with van der Waals surface area (Å²) in [5.41, 5.74) is -0.302. The highest BCUT2D eigenvalue weighted by Gasteiger charge is 2.34. The van der Waals surface area contributed by atoms with E-state index in [1.807, 2.05) is 0 Å². The number of rotatable bonds is 5. The van der Waals surface area contributed by atoms with Crippen molar-refractivity contribution in [3.63, 3.8) is 0 Å². The van der Waals surface area contributed by atoms with Crippen molar-refractivity contribution in [1.29, 1.82) is 0 Å². The maximum absolute atomic E-state index is 14.4. The molecule has 2 aromatic carbocycles. The Morgan fingerprint density at radius 3 is 2.48 bits per heavy atom. The van der Waals surface area contributed by atoms with Crippen LogP contribution in [0.2, 0.25) is 0 Å². The van der Waals surface area contributed by atoms with Crippen molar-refractivity contribution in [2.24, 2.45) is 0 Å². The minimum atomic E-state index is -1.44. The highest BCUT2D eigenvalue weighted by molar-refractivity contribution is 7.99. The lowest BCUT2D eigenvalue weighted by molar-refractivity contribution is -0.120. The molecule has 0 saturated heterocycles. The number of carbonyl (C=O) groups excluding carboxylic acids is 2. The number of halogens is 1. The highest BCUT2D eigenvalue weighted by Crippen LogP contribution is 2.37. The predicted octanol–water partition coefficient (Wildman–Crippen LogP) is 4.06. The first kappa shape index (κ1) is 24.4. The average Bonchev–Trinajstić information content (AvgIpc) is 2.84. The molecule has 176 valence electrons. The molecule has 3 rings (SSSR count). The van der Waals surface area contributed by atoms with Gasteiger partial charge in [-0.1, -0.05) is 12.1 Å². The van der Waals surface area contributed by atoms with Gasteiger partial charge in [-0.3, -0.25) is 4.79 Å². The van der Waals surface area contributed by atoms with Gasteiger partial charge < -0.3 is 24.8 Å². The molecule has 33 heavy (non-hydrogen) atoms. The van der Waals surface area contributed by atoms with E-state index in [1.165, 1.54) is 12.0 Å². The van der Waals surface area contributed by atoms with Gasteiger partial charge in [0.25, 0.3) is 5.91 Å². The summed E-state index contributed by atoms with van der Waals surface area (Å²) >= 11 is 1.15. The van der Waals surface area contributed by atoms with Gasteiger partial charge in [0.05, 0.1) is 24.9 Å². The predicted molar refractivity (Wildman–Crippen MR) is 121 cm³/mol. The molecule has 2 N–H and O–H groups in total. The fourth-order valence-corrected chi connectivity index (χ4v) is 4.29. The smallest absolute Gasteiger partial charge is 0.408 e. The van der Waals surface area contributed by atoms with Gasteiger partial charge in [0.2, 0.25) is 0 Å². The number of ether oxygens (including phenoxy) is 2. The van der Waals surface area contributed by atoms with E-state index in [2.05, 4.69) is 5.32 Å². The van der Waals surface area contributed by atoms with Crippen LogP contribution in [0, 0.1) is 5.82 Å². The number of amides is 2. The molecule has 10 heteroatoms. The summed E-state index contributed by atoms with van der Waals surface area (Å²) in [4.78, 5) is 39.1. The number of carboxylic acid groups (broad SMARTS) is 1.